The van der Waals surface area contributed by atoms with Crippen LogP contribution in [0.25, 0.3) is 0 Å². The van der Waals surface area contributed by atoms with Crippen molar-refractivity contribution in [2.24, 2.45) is 10.9 Å². The smallest absolute Gasteiger partial charge is 0.191 e. The molecular formula is C20H40IN5. The van der Waals surface area contributed by atoms with Crippen molar-refractivity contribution in [1.82, 2.24) is 20.4 Å². The van der Waals surface area contributed by atoms with Gasteiger partial charge < -0.3 is 15.5 Å². The monoisotopic (exact) mass is 477 g/mol. The van der Waals surface area contributed by atoms with Gasteiger partial charge in [-0.2, -0.15) is 0 Å². The number of nitrogens with zero attached hydrogens (tertiary/aromatic N) is 3. The van der Waals surface area contributed by atoms with Crippen LogP contribution >= 0.6 is 24.0 Å². The quantitative estimate of drug-likeness (QED) is 0.363. The van der Waals surface area contributed by atoms with E-state index in [2.05, 4.69) is 39.3 Å². The zero-order valence-corrected chi connectivity index (χ0v) is 19.4. The summed E-state index contributed by atoms with van der Waals surface area (Å²) in [7, 11) is 1.90. The average molecular weight is 477 g/mol. The normalized spacial score (nSPS) is 29.2. The second-order valence-corrected chi connectivity index (χ2v) is 8.61. The molecule has 2 N–H and O–H groups in total. The molecule has 0 radical (unpaired) electrons. The zero-order chi connectivity index (χ0) is 17.6. The van der Waals surface area contributed by atoms with E-state index >= 15 is 0 Å². The highest BCUT2D eigenvalue weighted by molar-refractivity contribution is 14.0. The number of hydrogen-bond acceptors (Lipinski definition) is 3. The third kappa shape index (κ3) is 6.23. The maximum atomic E-state index is 4.47. The number of hydrogen-bond donors (Lipinski definition) is 2. The number of nitrogens with one attached hydrogen (secondary N) is 2. The predicted octanol–water partition coefficient (Wildman–Crippen LogP) is 2.91. The number of halogens is 1. The van der Waals surface area contributed by atoms with Gasteiger partial charge in [-0.05, 0) is 58.4 Å². The molecule has 3 fully saturated rings. The van der Waals surface area contributed by atoms with Crippen LogP contribution in [0.3, 0.4) is 0 Å². The highest BCUT2D eigenvalue weighted by Gasteiger charge is 2.30. The fraction of sp³-hybridized carbons (Fsp3) is 0.950. The minimum Gasteiger partial charge on any atom is -0.356 e. The number of guanidine groups is 1. The summed E-state index contributed by atoms with van der Waals surface area (Å²) in [5.74, 6) is 1.74. The molecule has 0 aromatic heterocycles. The van der Waals surface area contributed by atoms with Gasteiger partial charge >= 0.3 is 0 Å². The van der Waals surface area contributed by atoms with Crippen LogP contribution in [0.4, 0.5) is 0 Å². The van der Waals surface area contributed by atoms with Crippen molar-refractivity contribution in [3.05, 3.63) is 0 Å². The molecule has 3 aliphatic rings. The highest BCUT2D eigenvalue weighted by Crippen LogP contribution is 2.26. The average Bonchev–Trinajstić information content (AvgIpc) is 3.30. The third-order valence-corrected chi connectivity index (χ3v) is 6.46. The molecule has 1 saturated carbocycles. The fourth-order valence-corrected chi connectivity index (χ4v) is 4.87. The second-order valence-electron chi connectivity index (χ2n) is 8.61. The molecule has 1 aliphatic carbocycles. The van der Waals surface area contributed by atoms with Gasteiger partial charge in [-0.15, -0.1) is 24.0 Å². The molecular weight excluding hydrogens is 437 g/mol. The van der Waals surface area contributed by atoms with E-state index < -0.39 is 0 Å². The van der Waals surface area contributed by atoms with Gasteiger partial charge in [0.15, 0.2) is 5.96 Å². The van der Waals surface area contributed by atoms with Gasteiger partial charge in [0.1, 0.15) is 0 Å². The summed E-state index contributed by atoms with van der Waals surface area (Å²) >= 11 is 0. The van der Waals surface area contributed by atoms with Gasteiger partial charge in [-0.3, -0.25) is 9.89 Å². The van der Waals surface area contributed by atoms with E-state index in [9.17, 15) is 0 Å². The van der Waals surface area contributed by atoms with Gasteiger partial charge in [0, 0.05) is 51.4 Å². The Labute approximate surface area is 177 Å². The Morgan fingerprint density at radius 2 is 1.81 bits per heavy atom. The number of rotatable bonds is 5. The Morgan fingerprint density at radius 1 is 1.04 bits per heavy atom. The zero-order valence-electron chi connectivity index (χ0n) is 17.0. The van der Waals surface area contributed by atoms with Crippen LogP contribution < -0.4 is 10.6 Å². The number of aliphatic imine (C=N–C) groups is 1. The van der Waals surface area contributed by atoms with Crippen LogP contribution in [0, 0.1) is 5.92 Å². The second kappa shape index (κ2) is 11.1. The van der Waals surface area contributed by atoms with Gasteiger partial charge in [0.05, 0.1) is 0 Å². The first-order valence-corrected chi connectivity index (χ1v) is 10.6. The molecule has 152 valence electrons. The van der Waals surface area contributed by atoms with E-state index in [-0.39, 0.29) is 24.0 Å². The minimum atomic E-state index is 0. The van der Waals surface area contributed by atoms with Crippen molar-refractivity contribution in [3.63, 3.8) is 0 Å². The van der Waals surface area contributed by atoms with E-state index in [1.54, 1.807) is 0 Å². The van der Waals surface area contributed by atoms with E-state index in [0.29, 0.717) is 12.1 Å². The molecule has 6 heteroatoms. The van der Waals surface area contributed by atoms with Crippen molar-refractivity contribution in [2.45, 2.75) is 76.9 Å². The maximum absolute atomic E-state index is 4.47. The molecule has 3 rings (SSSR count). The molecule has 0 aromatic carbocycles. The number of piperidine rings is 1. The molecule has 2 aliphatic heterocycles. The molecule has 2 unspecified atom stereocenters. The highest BCUT2D eigenvalue weighted by atomic mass is 127. The molecule has 2 atom stereocenters. The van der Waals surface area contributed by atoms with E-state index in [0.717, 1.165) is 24.5 Å². The molecule has 26 heavy (non-hydrogen) atoms. The van der Waals surface area contributed by atoms with Crippen molar-refractivity contribution >= 4 is 29.9 Å². The third-order valence-electron chi connectivity index (χ3n) is 6.46. The summed E-state index contributed by atoms with van der Waals surface area (Å²) in [5.41, 5.74) is 0. The van der Waals surface area contributed by atoms with Crippen molar-refractivity contribution in [2.75, 3.05) is 39.8 Å². The minimum absolute atomic E-state index is 0. The van der Waals surface area contributed by atoms with Gasteiger partial charge in [-0.25, -0.2) is 0 Å². The largest absolute Gasteiger partial charge is 0.356 e. The van der Waals surface area contributed by atoms with Crippen LogP contribution in [-0.4, -0.2) is 73.7 Å². The number of likely N-dealkylation sites (tertiary alicyclic amines) is 2. The lowest BCUT2D eigenvalue weighted by atomic mass is 9.97. The molecule has 0 bridgehead atoms. The summed E-state index contributed by atoms with van der Waals surface area (Å²) in [6.07, 6.45) is 9.60. The Kier molecular flexibility index (Phi) is 9.44. The predicted molar refractivity (Wildman–Crippen MR) is 122 cm³/mol. The van der Waals surface area contributed by atoms with Crippen molar-refractivity contribution in [1.29, 1.82) is 0 Å². The van der Waals surface area contributed by atoms with Crippen LogP contribution in [0.2, 0.25) is 0 Å². The first kappa shape index (κ1) is 22.2. The van der Waals surface area contributed by atoms with Gasteiger partial charge in [0.25, 0.3) is 0 Å². The first-order valence-electron chi connectivity index (χ1n) is 10.6. The van der Waals surface area contributed by atoms with Gasteiger partial charge in [0.2, 0.25) is 0 Å². The lowest BCUT2D eigenvalue weighted by Crippen LogP contribution is -2.48. The van der Waals surface area contributed by atoms with Crippen LogP contribution in [0.5, 0.6) is 0 Å². The van der Waals surface area contributed by atoms with Crippen molar-refractivity contribution in [3.8, 4) is 0 Å². The molecule has 0 amide bonds. The van der Waals surface area contributed by atoms with E-state index in [1.165, 1.54) is 71.1 Å². The van der Waals surface area contributed by atoms with E-state index in [1.807, 2.05) is 7.05 Å². The van der Waals surface area contributed by atoms with Crippen molar-refractivity contribution < 1.29 is 0 Å². The summed E-state index contributed by atoms with van der Waals surface area (Å²) in [4.78, 5) is 9.80. The molecule has 5 nitrogen and oxygen atoms in total. The molecule has 0 aromatic rings. The lowest BCUT2D eigenvalue weighted by Gasteiger charge is -2.35. The summed E-state index contributed by atoms with van der Waals surface area (Å²) in [5, 5.41) is 7.28. The van der Waals surface area contributed by atoms with E-state index in [4.69, 9.17) is 0 Å². The molecule has 2 heterocycles. The Hall–Kier alpha value is -0.0800. The topological polar surface area (TPSA) is 42.9 Å². The first-order chi connectivity index (χ1) is 12.2. The lowest BCUT2D eigenvalue weighted by molar-refractivity contribution is 0.141. The van der Waals surface area contributed by atoms with Gasteiger partial charge in [-0.1, -0.05) is 12.8 Å². The van der Waals surface area contributed by atoms with Crippen LogP contribution in [0.1, 0.15) is 58.8 Å². The Bertz CT molecular complexity index is 436. The van der Waals surface area contributed by atoms with Crippen LogP contribution in [-0.2, 0) is 0 Å². The Morgan fingerprint density at radius 3 is 2.50 bits per heavy atom. The maximum Gasteiger partial charge on any atom is 0.191 e. The Balaban J connectivity index is 0.00000243. The summed E-state index contributed by atoms with van der Waals surface area (Å²) in [6.45, 7) is 10.6. The van der Waals surface area contributed by atoms with Crippen LogP contribution in [0.15, 0.2) is 4.99 Å². The standard InChI is InChI=1S/C20H39N5.HI/c1-16(2)24-11-6-7-17(14-24)13-22-20(21-3)23-18-10-12-25(15-18)19-8-4-5-9-19;/h16-19H,4-15H2,1-3H3,(H2,21,22,23);1H. The fourth-order valence-electron chi connectivity index (χ4n) is 4.87. The molecule has 0 spiro atoms. The SMILES string of the molecule is CN=C(NCC1CCCN(C(C)C)C1)NC1CCN(C2CCCC2)C1.I. The summed E-state index contributed by atoms with van der Waals surface area (Å²) in [6, 6.07) is 2.08. The summed E-state index contributed by atoms with van der Waals surface area (Å²) < 4.78 is 0. The molecule has 2 saturated heterocycles.